The first-order valence-electron chi connectivity index (χ1n) is 7.92. The lowest BCUT2D eigenvalue weighted by atomic mass is 9.97. The number of aliphatic imine (C=N–C) groups is 1. The summed E-state index contributed by atoms with van der Waals surface area (Å²) in [5, 5.41) is 42.0. The number of phenols is 2. The van der Waals surface area contributed by atoms with E-state index in [1.165, 1.54) is 36.4 Å². The zero-order valence-corrected chi connectivity index (χ0v) is 15.7. The Hall–Kier alpha value is -3.00. The van der Waals surface area contributed by atoms with E-state index >= 15 is 0 Å². The van der Waals surface area contributed by atoms with Crippen molar-refractivity contribution in [2.45, 2.75) is 0 Å². The lowest BCUT2D eigenvalue weighted by Crippen LogP contribution is -2.25. The van der Waals surface area contributed by atoms with Crippen molar-refractivity contribution in [3.05, 3.63) is 69.5 Å². The third kappa shape index (κ3) is 3.96. The molecular weight excluding hydrogens is 407 g/mol. The molecule has 144 valence electrons. The lowest BCUT2D eigenvalue weighted by Gasteiger charge is -2.20. The van der Waals surface area contributed by atoms with Crippen LogP contribution < -0.4 is 5.32 Å². The van der Waals surface area contributed by atoms with Gasteiger partial charge in [0.2, 0.25) is 5.78 Å². The first-order chi connectivity index (χ1) is 13.3. The number of allylic oxidation sites excluding steroid dienone is 2. The molecule has 0 unspecified atom stereocenters. The van der Waals surface area contributed by atoms with Crippen molar-refractivity contribution in [1.82, 2.24) is 0 Å². The summed E-state index contributed by atoms with van der Waals surface area (Å²) >= 11 is 12.1. The number of rotatable bonds is 4. The monoisotopic (exact) mass is 420 g/mol. The summed E-state index contributed by atoms with van der Waals surface area (Å²) in [6.45, 7) is -0.615. The van der Waals surface area contributed by atoms with E-state index in [9.17, 15) is 25.2 Å². The average Bonchev–Trinajstić information content (AvgIpc) is 2.62. The molecule has 0 radical (unpaired) electrons. The molecule has 0 spiro atoms. The van der Waals surface area contributed by atoms with E-state index in [2.05, 4.69) is 10.3 Å². The quantitative estimate of drug-likeness (QED) is 0.378. The molecule has 0 bridgehead atoms. The number of ketones is 1. The van der Waals surface area contributed by atoms with Gasteiger partial charge in [0.05, 0.1) is 33.7 Å². The Morgan fingerprint density at radius 2 is 1.61 bits per heavy atom. The Morgan fingerprint density at radius 1 is 0.964 bits per heavy atom. The highest BCUT2D eigenvalue weighted by Crippen LogP contribution is 2.32. The minimum absolute atomic E-state index is 0.0262. The summed E-state index contributed by atoms with van der Waals surface area (Å²) in [7, 11) is 0. The predicted molar refractivity (Wildman–Crippen MR) is 107 cm³/mol. The molecule has 1 aliphatic carbocycles. The van der Waals surface area contributed by atoms with Gasteiger partial charge in [0, 0.05) is 23.8 Å². The number of aliphatic hydroxyl groups excluding tert-OH is 2. The fraction of sp³-hybridized carbons (Fsp3) is 0.0526. The first-order valence-corrected chi connectivity index (χ1v) is 8.68. The van der Waals surface area contributed by atoms with Crippen molar-refractivity contribution < 1.29 is 25.2 Å². The number of benzene rings is 2. The molecule has 1 aliphatic rings. The summed E-state index contributed by atoms with van der Waals surface area (Å²) in [4.78, 5) is 16.6. The van der Waals surface area contributed by atoms with Crippen molar-refractivity contribution in [3.63, 3.8) is 0 Å². The standard InChI is InChI=1S/C19H14Cl2N2O5/c20-12-5-9(25)1-3-14(12)22-18-11(8-24)19(17(28)7-16(18)27)23-15-4-2-10(26)6-13(15)21/h1-7,22,24-26,28H,8H2/b23-19+. The SMILES string of the molecule is O=C1C=C(O)/C(=N/c2ccc(O)cc2Cl)C(CO)=C1Nc1ccc(O)cc1Cl. The zero-order valence-electron chi connectivity index (χ0n) is 14.1. The Bertz CT molecular complexity index is 1060. The van der Waals surface area contributed by atoms with Gasteiger partial charge in [-0.3, -0.25) is 4.79 Å². The van der Waals surface area contributed by atoms with E-state index in [-0.39, 0.29) is 44.2 Å². The Kier molecular flexibility index (Phi) is 5.60. The first kappa shape index (κ1) is 19.8. The van der Waals surface area contributed by atoms with Gasteiger partial charge in [-0.05, 0) is 24.3 Å². The Labute approximate surface area is 169 Å². The van der Waals surface area contributed by atoms with Crippen LogP contribution in [0.25, 0.3) is 0 Å². The van der Waals surface area contributed by atoms with Gasteiger partial charge in [-0.1, -0.05) is 23.2 Å². The highest BCUT2D eigenvalue weighted by Gasteiger charge is 2.27. The maximum atomic E-state index is 12.4. The molecular formula is C19H14Cl2N2O5. The van der Waals surface area contributed by atoms with Crippen LogP contribution in [0.5, 0.6) is 11.5 Å². The van der Waals surface area contributed by atoms with E-state index in [0.717, 1.165) is 6.08 Å². The molecule has 0 aromatic heterocycles. The van der Waals surface area contributed by atoms with E-state index in [1.807, 2.05) is 0 Å². The van der Waals surface area contributed by atoms with Gasteiger partial charge in [0.15, 0.2) is 0 Å². The third-order valence-electron chi connectivity index (χ3n) is 3.88. The molecule has 0 atom stereocenters. The van der Waals surface area contributed by atoms with Gasteiger partial charge in [0.25, 0.3) is 0 Å². The van der Waals surface area contributed by atoms with Crippen LogP contribution >= 0.6 is 23.2 Å². The molecule has 0 heterocycles. The smallest absolute Gasteiger partial charge is 0.206 e. The van der Waals surface area contributed by atoms with Crippen molar-refractivity contribution >= 4 is 46.1 Å². The number of aromatic hydroxyl groups is 2. The zero-order chi connectivity index (χ0) is 20.4. The van der Waals surface area contributed by atoms with Crippen molar-refractivity contribution in [2.75, 3.05) is 11.9 Å². The second-order valence-corrected chi connectivity index (χ2v) is 6.61. The summed E-state index contributed by atoms with van der Waals surface area (Å²) in [5.74, 6) is -1.15. The third-order valence-corrected chi connectivity index (χ3v) is 4.49. The average molecular weight is 421 g/mol. The summed E-state index contributed by atoms with van der Waals surface area (Å²) < 4.78 is 0. The number of hydrogen-bond acceptors (Lipinski definition) is 7. The van der Waals surface area contributed by atoms with E-state index in [1.54, 1.807) is 0 Å². The van der Waals surface area contributed by atoms with Gasteiger partial charge in [-0.2, -0.15) is 0 Å². The molecule has 2 aromatic rings. The molecule has 0 fully saturated rings. The largest absolute Gasteiger partial charge is 0.508 e. The van der Waals surface area contributed by atoms with Crippen LogP contribution in [-0.2, 0) is 4.79 Å². The van der Waals surface area contributed by atoms with Crippen molar-refractivity contribution in [2.24, 2.45) is 4.99 Å². The molecule has 3 rings (SSSR count). The number of aliphatic hydroxyl groups is 2. The summed E-state index contributed by atoms with van der Waals surface area (Å²) in [6.07, 6.45) is 0.947. The number of carbonyl (C=O) groups is 1. The molecule has 7 nitrogen and oxygen atoms in total. The van der Waals surface area contributed by atoms with E-state index in [4.69, 9.17) is 23.2 Å². The lowest BCUT2D eigenvalue weighted by molar-refractivity contribution is -0.111. The molecule has 2 aromatic carbocycles. The number of phenolic OH excluding ortho intramolecular Hbond substituents is 2. The Balaban J connectivity index is 2.10. The van der Waals surface area contributed by atoms with E-state index in [0.29, 0.717) is 5.69 Å². The van der Waals surface area contributed by atoms with Crippen LogP contribution in [0.15, 0.2) is 64.5 Å². The van der Waals surface area contributed by atoms with Gasteiger partial charge in [-0.15, -0.1) is 0 Å². The van der Waals surface area contributed by atoms with Crippen LogP contribution in [-0.4, -0.2) is 38.5 Å². The molecule has 5 N–H and O–H groups in total. The van der Waals surface area contributed by atoms with Gasteiger partial charge >= 0.3 is 0 Å². The van der Waals surface area contributed by atoms with Gasteiger partial charge in [0.1, 0.15) is 23.0 Å². The van der Waals surface area contributed by atoms with Crippen LogP contribution in [0.2, 0.25) is 10.0 Å². The molecule has 0 amide bonds. The minimum Gasteiger partial charge on any atom is -0.508 e. The highest BCUT2D eigenvalue weighted by atomic mass is 35.5. The van der Waals surface area contributed by atoms with E-state index < -0.39 is 18.1 Å². The number of nitrogens with zero attached hydrogens (tertiary/aromatic N) is 1. The number of halogens is 2. The molecule has 9 heteroatoms. The summed E-state index contributed by atoms with van der Waals surface area (Å²) in [5.41, 5.74) is 0.453. The van der Waals surface area contributed by atoms with Gasteiger partial charge in [-0.25, -0.2) is 4.99 Å². The van der Waals surface area contributed by atoms with Crippen LogP contribution in [0.3, 0.4) is 0 Å². The van der Waals surface area contributed by atoms with Crippen molar-refractivity contribution in [1.29, 1.82) is 0 Å². The fourth-order valence-electron chi connectivity index (χ4n) is 2.55. The second-order valence-electron chi connectivity index (χ2n) is 5.79. The maximum absolute atomic E-state index is 12.4. The van der Waals surface area contributed by atoms with Crippen LogP contribution in [0.1, 0.15) is 0 Å². The highest BCUT2D eigenvalue weighted by molar-refractivity contribution is 6.34. The second kappa shape index (κ2) is 7.93. The normalized spacial score (nSPS) is 15.8. The Morgan fingerprint density at radius 3 is 2.21 bits per heavy atom. The van der Waals surface area contributed by atoms with Crippen LogP contribution in [0.4, 0.5) is 11.4 Å². The minimum atomic E-state index is -0.615. The number of nitrogens with one attached hydrogen (secondary N) is 1. The van der Waals surface area contributed by atoms with Crippen LogP contribution in [0, 0.1) is 0 Å². The number of anilines is 1. The fourth-order valence-corrected chi connectivity index (χ4v) is 2.99. The molecule has 28 heavy (non-hydrogen) atoms. The molecule has 0 saturated carbocycles. The molecule has 0 saturated heterocycles. The maximum Gasteiger partial charge on any atom is 0.206 e. The topological polar surface area (TPSA) is 122 Å². The summed E-state index contributed by atoms with van der Waals surface area (Å²) in [6, 6.07) is 8.17. The van der Waals surface area contributed by atoms with Crippen molar-refractivity contribution in [3.8, 4) is 11.5 Å². The van der Waals surface area contributed by atoms with Gasteiger partial charge < -0.3 is 25.7 Å². The molecule has 0 aliphatic heterocycles. The number of carbonyl (C=O) groups excluding carboxylic acids is 1. The predicted octanol–water partition coefficient (Wildman–Crippen LogP) is 3.86. The number of hydrogen-bond donors (Lipinski definition) is 5.